The van der Waals surface area contributed by atoms with Gasteiger partial charge in [0, 0.05) is 12.8 Å². The SMILES string of the molecule is O=C(O)c1c(O)cccc1N1C(=O)CCCCC1=O. The van der Waals surface area contributed by atoms with Gasteiger partial charge in [-0.15, -0.1) is 0 Å². The zero-order valence-corrected chi connectivity index (χ0v) is 10.1. The number of benzene rings is 1. The molecule has 0 unspecified atom stereocenters. The van der Waals surface area contributed by atoms with E-state index in [9.17, 15) is 19.5 Å². The summed E-state index contributed by atoms with van der Waals surface area (Å²) in [5.41, 5.74) is -0.490. The van der Waals surface area contributed by atoms with Crippen LogP contribution in [0.3, 0.4) is 0 Å². The fraction of sp³-hybridized carbons (Fsp3) is 0.308. The number of phenols is 1. The summed E-state index contributed by atoms with van der Waals surface area (Å²) in [4.78, 5) is 35.9. The van der Waals surface area contributed by atoms with E-state index >= 15 is 0 Å². The molecule has 1 aliphatic rings. The van der Waals surface area contributed by atoms with Gasteiger partial charge in [-0.3, -0.25) is 9.59 Å². The number of hydrogen-bond donors (Lipinski definition) is 2. The van der Waals surface area contributed by atoms with E-state index < -0.39 is 29.1 Å². The number of imide groups is 1. The van der Waals surface area contributed by atoms with Crippen molar-refractivity contribution in [2.24, 2.45) is 0 Å². The van der Waals surface area contributed by atoms with E-state index in [0.29, 0.717) is 12.8 Å². The van der Waals surface area contributed by atoms with Crippen LogP contribution in [0.25, 0.3) is 0 Å². The molecule has 6 heteroatoms. The van der Waals surface area contributed by atoms with E-state index in [1.165, 1.54) is 18.2 Å². The first kappa shape index (κ1) is 13.1. The number of aromatic carboxylic acids is 1. The van der Waals surface area contributed by atoms with E-state index in [4.69, 9.17) is 5.11 Å². The smallest absolute Gasteiger partial charge is 0.341 e. The monoisotopic (exact) mass is 263 g/mol. The fourth-order valence-electron chi connectivity index (χ4n) is 2.12. The van der Waals surface area contributed by atoms with Crippen LogP contribution in [0.1, 0.15) is 36.0 Å². The molecule has 0 saturated carbocycles. The third-order valence-corrected chi connectivity index (χ3v) is 3.01. The van der Waals surface area contributed by atoms with Crippen LogP contribution in [0.4, 0.5) is 5.69 Å². The Labute approximate surface area is 109 Å². The summed E-state index contributed by atoms with van der Waals surface area (Å²) in [6, 6.07) is 3.96. The zero-order chi connectivity index (χ0) is 14.0. The van der Waals surface area contributed by atoms with Gasteiger partial charge in [-0.25, -0.2) is 9.69 Å². The van der Waals surface area contributed by atoms with Gasteiger partial charge in [-0.2, -0.15) is 0 Å². The predicted molar refractivity (Wildman–Crippen MR) is 66.0 cm³/mol. The number of aromatic hydroxyl groups is 1. The van der Waals surface area contributed by atoms with Crippen molar-refractivity contribution in [1.29, 1.82) is 0 Å². The summed E-state index contributed by atoms with van der Waals surface area (Å²) in [6.45, 7) is 0. The Bertz CT molecular complexity index is 534. The van der Waals surface area contributed by atoms with Crippen LogP contribution < -0.4 is 4.90 Å². The molecule has 0 aliphatic carbocycles. The Morgan fingerprint density at radius 2 is 1.68 bits per heavy atom. The first-order chi connectivity index (χ1) is 9.02. The number of carbonyl (C=O) groups excluding carboxylic acids is 2. The fourth-order valence-corrected chi connectivity index (χ4v) is 2.12. The van der Waals surface area contributed by atoms with Gasteiger partial charge in [0.2, 0.25) is 11.8 Å². The minimum atomic E-state index is -1.38. The third-order valence-electron chi connectivity index (χ3n) is 3.01. The van der Waals surface area contributed by atoms with Crippen LogP contribution in [0.5, 0.6) is 5.75 Å². The van der Waals surface area contributed by atoms with E-state index in [-0.39, 0.29) is 18.5 Å². The van der Waals surface area contributed by atoms with E-state index in [1.54, 1.807) is 0 Å². The third kappa shape index (κ3) is 2.42. The van der Waals surface area contributed by atoms with Crippen molar-refractivity contribution >= 4 is 23.5 Å². The van der Waals surface area contributed by atoms with E-state index in [1.807, 2.05) is 0 Å². The summed E-state index contributed by atoms with van der Waals surface area (Å²) in [5, 5.41) is 18.7. The van der Waals surface area contributed by atoms with Crippen molar-refractivity contribution in [3.63, 3.8) is 0 Å². The van der Waals surface area contributed by atoms with Crippen LogP contribution >= 0.6 is 0 Å². The summed E-state index contributed by atoms with van der Waals surface area (Å²) < 4.78 is 0. The molecule has 19 heavy (non-hydrogen) atoms. The van der Waals surface area contributed by atoms with Gasteiger partial charge in [0.25, 0.3) is 0 Å². The van der Waals surface area contributed by atoms with E-state index in [2.05, 4.69) is 0 Å². The highest BCUT2D eigenvalue weighted by Gasteiger charge is 2.30. The van der Waals surface area contributed by atoms with Gasteiger partial charge >= 0.3 is 5.97 Å². The molecule has 100 valence electrons. The number of rotatable bonds is 2. The van der Waals surface area contributed by atoms with E-state index in [0.717, 1.165) is 4.90 Å². The molecule has 0 atom stereocenters. The summed E-state index contributed by atoms with van der Waals surface area (Å²) in [6.07, 6.45) is 1.59. The highest BCUT2D eigenvalue weighted by atomic mass is 16.4. The van der Waals surface area contributed by atoms with Gasteiger partial charge < -0.3 is 10.2 Å². The Morgan fingerprint density at radius 1 is 1.11 bits per heavy atom. The molecule has 2 amide bonds. The highest BCUT2D eigenvalue weighted by Crippen LogP contribution is 2.31. The van der Waals surface area contributed by atoms with Crippen molar-refractivity contribution in [1.82, 2.24) is 0 Å². The molecule has 1 heterocycles. The second-order valence-corrected chi connectivity index (χ2v) is 4.31. The molecule has 6 nitrogen and oxygen atoms in total. The Kier molecular flexibility index (Phi) is 3.50. The van der Waals surface area contributed by atoms with Crippen molar-refractivity contribution in [2.75, 3.05) is 4.90 Å². The molecule has 0 spiro atoms. The molecule has 0 radical (unpaired) electrons. The first-order valence-corrected chi connectivity index (χ1v) is 5.93. The largest absolute Gasteiger partial charge is 0.507 e. The minimum absolute atomic E-state index is 0.0654. The van der Waals surface area contributed by atoms with Crippen LogP contribution in [-0.4, -0.2) is 28.0 Å². The minimum Gasteiger partial charge on any atom is -0.507 e. The number of nitrogens with zero attached hydrogens (tertiary/aromatic N) is 1. The molecule has 0 aromatic heterocycles. The summed E-state index contributed by atoms with van der Waals surface area (Å²) in [5.74, 6) is -2.71. The van der Waals surface area contributed by atoms with Crippen molar-refractivity contribution in [2.45, 2.75) is 25.7 Å². The maximum Gasteiger partial charge on any atom is 0.341 e. The van der Waals surface area contributed by atoms with Crippen molar-refractivity contribution in [3.8, 4) is 5.75 Å². The van der Waals surface area contributed by atoms with Gasteiger partial charge in [0.15, 0.2) is 0 Å². The van der Waals surface area contributed by atoms with Crippen LogP contribution in [-0.2, 0) is 9.59 Å². The number of amides is 2. The molecular formula is C13H13NO5. The summed E-state index contributed by atoms with van der Waals surface area (Å²) in [7, 11) is 0. The van der Waals surface area contributed by atoms with Gasteiger partial charge in [0.1, 0.15) is 11.3 Å². The lowest BCUT2D eigenvalue weighted by Gasteiger charge is -2.20. The number of anilines is 1. The normalized spacial score (nSPS) is 16.3. The van der Waals surface area contributed by atoms with Gasteiger partial charge in [0.05, 0.1) is 5.69 Å². The number of carboxylic acids is 1. The molecular weight excluding hydrogens is 250 g/mol. The molecule has 1 saturated heterocycles. The topological polar surface area (TPSA) is 94.9 Å². The Hall–Kier alpha value is -2.37. The summed E-state index contributed by atoms with van der Waals surface area (Å²) >= 11 is 0. The molecule has 0 bridgehead atoms. The average molecular weight is 263 g/mol. The average Bonchev–Trinajstić information content (AvgIpc) is 2.50. The maximum atomic E-state index is 11.9. The van der Waals surface area contributed by atoms with Crippen molar-refractivity contribution < 1.29 is 24.6 Å². The number of carboxylic acid groups (broad SMARTS) is 1. The van der Waals surface area contributed by atoms with Gasteiger partial charge in [-0.05, 0) is 25.0 Å². The molecule has 1 aliphatic heterocycles. The second kappa shape index (κ2) is 5.09. The van der Waals surface area contributed by atoms with Crippen LogP contribution in [0, 0.1) is 0 Å². The molecule has 2 N–H and O–H groups in total. The lowest BCUT2D eigenvalue weighted by Crippen LogP contribution is -2.36. The number of hydrogen-bond acceptors (Lipinski definition) is 4. The molecule has 1 fully saturated rings. The zero-order valence-electron chi connectivity index (χ0n) is 10.1. The second-order valence-electron chi connectivity index (χ2n) is 4.31. The van der Waals surface area contributed by atoms with Crippen molar-refractivity contribution in [3.05, 3.63) is 23.8 Å². The van der Waals surface area contributed by atoms with Crippen LogP contribution in [0.2, 0.25) is 0 Å². The highest BCUT2D eigenvalue weighted by molar-refractivity contribution is 6.18. The quantitative estimate of drug-likeness (QED) is 0.789. The maximum absolute atomic E-state index is 11.9. The van der Waals surface area contributed by atoms with Crippen LogP contribution in [0.15, 0.2) is 18.2 Å². The first-order valence-electron chi connectivity index (χ1n) is 5.93. The Morgan fingerprint density at radius 3 is 2.21 bits per heavy atom. The molecule has 1 aromatic carbocycles. The predicted octanol–water partition coefficient (Wildman–Crippen LogP) is 1.52. The lowest BCUT2D eigenvalue weighted by molar-refractivity contribution is -0.125. The number of carbonyl (C=O) groups is 3. The van der Waals surface area contributed by atoms with Gasteiger partial charge in [-0.1, -0.05) is 6.07 Å². The molecule has 2 rings (SSSR count). The standard InChI is InChI=1S/C13H13NO5/c15-9-5-3-4-8(12(9)13(18)19)14-10(16)6-1-2-7-11(14)17/h3-5,15H,1-2,6-7H2,(H,18,19). The molecule has 1 aromatic rings. The Balaban J connectivity index is 2.56. The lowest BCUT2D eigenvalue weighted by atomic mass is 10.1.